The number of hydrogen-bond acceptors (Lipinski definition) is 4. The average Bonchev–Trinajstić information content (AvgIpc) is 3.06. The fourth-order valence-electron chi connectivity index (χ4n) is 2.77. The molecule has 0 bridgehead atoms. The van der Waals surface area contributed by atoms with E-state index in [0.29, 0.717) is 23.7 Å². The quantitative estimate of drug-likeness (QED) is 0.690. The molecule has 3 rings (SSSR count). The molecule has 1 N–H and O–H groups in total. The van der Waals surface area contributed by atoms with Crippen molar-refractivity contribution in [2.24, 2.45) is 0 Å². The number of fused-ring (bicyclic) bond motifs is 1. The van der Waals surface area contributed by atoms with Crippen LogP contribution in [0.15, 0.2) is 54.6 Å². The summed E-state index contributed by atoms with van der Waals surface area (Å²) in [7, 11) is 1.31. The Morgan fingerprint density at radius 2 is 1.81 bits per heavy atom. The minimum atomic E-state index is -0.449. The number of esters is 1. The summed E-state index contributed by atoms with van der Waals surface area (Å²) in [6, 6.07) is 16.6. The highest BCUT2D eigenvalue weighted by Crippen LogP contribution is 2.22. The summed E-state index contributed by atoms with van der Waals surface area (Å²) in [6.45, 7) is 2.56. The van der Waals surface area contributed by atoms with Crippen LogP contribution in [0.1, 0.15) is 17.4 Å². The number of anilines is 1. The fourth-order valence-corrected chi connectivity index (χ4v) is 2.77. The number of nitrogens with zero attached hydrogens (tertiary/aromatic N) is 1. The number of hydrogen-bond donors (Lipinski definition) is 1. The minimum Gasteiger partial charge on any atom is -0.482 e. The van der Waals surface area contributed by atoms with E-state index < -0.39 is 5.97 Å². The summed E-state index contributed by atoms with van der Waals surface area (Å²) in [5.41, 5.74) is 2.29. The Kier molecular flexibility index (Phi) is 5.22. The third-order valence-corrected chi connectivity index (χ3v) is 4.06. The summed E-state index contributed by atoms with van der Waals surface area (Å²) in [4.78, 5) is 23.8. The predicted molar refractivity (Wildman–Crippen MR) is 99.5 cm³/mol. The molecule has 0 saturated heterocycles. The molecule has 0 unspecified atom stereocenters. The second-order valence-electron chi connectivity index (χ2n) is 5.68. The van der Waals surface area contributed by atoms with Crippen LogP contribution in [0.4, 0.5) is 5.69 Å². The highest BCUT2D eigenvalue weighted by molar-refractivity contribution is 6.06. The lowest BCUT2D eigenvalue weighted by molar-refractivity contribution is -0.142. The van der Waals surface area contributed by atoms with Gasteiger partial charge < -0.3 is 19.4 Å². The Balaban J connectivity index is 1.73. The minimum absolute atomic E-state index is 0.154. The van der Waals surface area contributed by atoms with Crippen LogP contribution in [-0.4, -0.2) is 30.2 Å². The number of rotatable bonds is 6. The van der Waals surface area contributed by atoms with E-state index in [2.05, 4.69) is 10.1 Å². The SMILES string of the molecule is CCn1c(C(=O)Nc2ccc(OCC(=O)OC)cc2)cc2ccccc21. The molecule has 2 aromatic carbocycles. The Morgan fingerprint density at radius 3 is 2.50 bits per heavy atom. The molecule has 0 spiro atoms. The van der Waals surface area contributed by atoms with E-state index in [1.807, 2.05) is 41.8 Å². The van der Waals surface area contributed by atoms with E-state index in [9.17, 15) is 9.59 Å². The zero-order valence-electron chi connectivity index (χ0n) is 14.7. The molecule has 0 radical (unpaired) electrons. The zero-order chi connectivity index (χ0) is 18.5. The van der Waals surface area contributed by atoms with E-state index in [4.69, 9.17) is 4.74 Å². The fraction of sp³-hybridized carbons (Fsp3) is 0.200. The molecule has 1 heterocycles. The molecule has 0 fully saturated rings. The van der Waals surface area contributed by atoms with Crippen LogP contribution >= 0.6 is 0 Å². The number of aryl methyl sites for hydroxylation is 1. The van der Waals surface area contributed by atoms with Crippen LogP contribution < -0.4 is 10.1 Å². The Bertz CT molecular complexity index is 929. The van der Waals surface area contributed by atoms with Crippen LogP contribution in [0.2, 0.25) is 0 Å². The number of para-hydroxylation sites is 1. The second kappa shape index (κ2) is 7.74. The summed E-state index contributed by atoms with van der Waals surface area (Å²) in [6.07, 6.45) is 0. The number of aromatic nitrogens is 1. The molecule has 6 nitrogen and oxygen atoms in total. The molecule has 0 atom stereocenters. The van der Waals surface area contributed by atoms with E-state index in [-0.39, 0.29) is 12.5 Å². The highest BCUT2D eigenvalue weighted by atomic mass is 16.6. The zero-order valence-corrected chi connectivity index (χ0v) is 14.7. The number of nitrogens with one attached hydrogen (secondary N) is 1. The van der Waals surface area contributed by atoms with Gasteiger partial charge in [-0.1, -0.05) is 18.2 Å². The van der Waals surface area contributed by atoms with Gasteiger partial charge in [0.1, 0.15) is 11.4 Å². The molecule has 1 amide bonds. The molecule has 134 valence electrons. The van der Waals surface area contributed by atoms with Gasteiger partial charge in [-0.15, -0.1) is 0 Å². The van der Waals surface area contributed by atoms with Crippen LogP contribution in [0.25, 0.3) is 10.9 Å². The number of amides is 1. The third kappa shape index (κ3) is 3.69. The first-order valence-corrected chi connectivity index (χ1v) is 8.31. The van der Waals surface area contributed by atoms with Crippen LogP contribution in [0.3, 0.4) is 0 Å². The Labute approximate surface area is 151 Å². The summed E-state index contributed by atoms with van der Waals surface area (Å²) in [5, 5.41) is 3.92. The summed E-state index contributed by atoms with van der Waals surface area (Å²) < 4.78 is 11.8. The maximum absolute atomic E-state index is 12.7. The van der Waals surface area contributed by atoms with Gasteiger partial charge >= 0.3 is 5.97 Å². The van der Waals surface area contributed by atoms with Gasteiger partial charge in [0, 0.05) is 23.1 Å². The van der Waals surface area contributed by atoms with Crippen LogP contribution in [0, 0.1) is 0 Å². The second-order valence-corrected chi connectivity index (χ2v) is 5.68. The first-order valence-electron chi connectivity index (χ1n) is 8.31. The van der Waals surface area contributed by atoms with Crippen LogP contribution in [0.5, 0.6) is 5.75 Å². The molecule has 6 heteroatoms. The van der Waals surface area contributed by atoms with Gasteiger partial charge in [-0.05, 0) is 43.3 Å². The number of methoxy groups -OCH3 is 1. The lowest BCUT2D eigenvalue weighted by Crippen LogP contribution is -2.16. The molecular weight excluding hydrogens is 332 g/mol. The van der Waals surface area contributed by atoms with Crippen molar-refractivity contribution in [3.8, 4) is 5.75 Å². The lowest BCUT2D eigenvalue weighted by Gasteiger charge is -2.10. The van der Waals surface area contributed by atoms with E-state index >= 15 is 0 Å². The third-order valence-electron chi connectivity index (χ3n) is 4.06. The van der Waals surface area contributed by atoms with Gasteiger partial charge in [0.25, 0.3) is 5.91 Å². The maximum atomic E-state index is 12.7. The van der Waals surface area contributed by atoms with Crippen molar-refractivity contribution in [3.05, 3.63) is 60.3 Å². The largest absolute Gasteiger partial charge is 0.482 e. The lowest BCUT2D eigenvalue weighted by atomic mass is 10.2. The van der Waals surface area contributed by atoms with Crippen molar-refractivity contribution in [1.29, 1.82) is 0 Å². The van der Waals surface area contributed by atoms with E-state index in [1.54, 1.807) is 24.3 Å². The Hall–Kier alpha value is -3.28. The van der Waals surface area contributed by atoms with Gasteiger partial charge in [0.15, 0.2) is 6.61 Å². The van der Waals surface area contributed by atoms with Crippen molar-refractivity contribution in [2.75, 3.05) is 19.0 Å². The molecule has 0 aliphatic heterocycles. The summed E-state index contributed by atoms with van der Waals surface area (Å²) >= 11 is 0. The number of carbonyl (C=O) groups is 2. The molecule has 0 saturated carbocycles. The number of carbonyl (C=O) groups excluding carboxylic acids is 2. The predicted octanol–water partition coefficient (Wildman–Crippen LogP) is 3.47. The standard InChI is InChI=1S/C20H20N2O4/c1-3-22-17-7-5-4-6-14(17)12-18(22)20(24)21-15-8-10-16(11-9-15)26-13-19(23)25-2/h4-12H,3,13H2,1-2H3,(H,21,24). The smallest absolute Gasteiger partial charge is 0.343 e. The van der Waals surface area contributed by atoms with Gasteiger partial charge in [-0.25, -0.2) is 4.79 Å². The van der Waals surface area contributed by atoms with Gasteiger partial charge in [-0.2, -0.15) is 0 Å². The highest BCUT2D eigenvalue weighted by Gasteiger charge is 2.14. The van der Waals surface area contributed by atoms with Crippen molar-refractivity contribution in [2.45, 2.75) is 13.5 Å². The maximum Gasteiger partial charge on any atom is 0.343 e. The van der Waals surface area contributed by atoms with Crippen molar-refractivity contribution in [3.63, 3.8) is 0 Å². The number of benzene rings is 2. The van der Waals surface area contributed by atoms with Crippen molar-refractivity contribution >= 4 is 28.5 Å². The van der Waals surface area contributed by atoms with E-state index in [0.717, 1.165) is 10.9 Å². The molecule has 0 aliphatic rings. The molecule has 1 aromatic heterocycles. The molecule has 0 aliphatic carbocycles. The van der Waals surface area contributed by atoms with Gasteiger partial charge in [0.05, 0.1) is 7.11 Å². The van der Waals surface area contributed by atoms with Crippen LogP contribution in [-0.2, 0) is 16.1 Å². The van der Waals surface area contributed by atoms with E-state index in [1.165, 1.54) is 7.11 Å². The normalized spacial score (nSPS) is 10.5. The monoisotopic (exact) mass is 352 g/mol. The summed E-state index contributed by atoms with van der Waals surface area (Å²) in [5.74, 6) is -0.0999. The Morgan fingerprint density at radius 1 is 1.08 bits per heavy atom. The topological polar surface area (TPSA) is 69.6 Å². The molecular formula is C20H20N2O4. The molecule has 3 aromatic rings. The van der Waals surface area contributed by atoms with Gasteiger partial charge in [0.2, 0.25) is 0 Å². The molecule has 26 heavy (non-hydrogen) atoms. The van der Waals surface area contributed by atoms with Crippen molar-refractivity contribution in [1.82, 2.24) is 4.57 Å². The number of ether oxygens (including phenoxy) is 2. The first kappa shape index (κ1) is 17.5. The average molecular weight is 352 g/mol. The van der Waals surface area contributed by atoms with Gasteiger partial charge in [-0.3, -0.25) is 4.79 Å². The van der Waals surface area contributed by atoms with Crippen molar-refractivity contribution < 1.29 is 19.1 Å². The first-order chi connectivity index (χ1) is 12.6.